The lowest BCUT2D eigenvalue weighted by atomic mass is 9.63. The van der Waals surface area contributed by atoms with Gasteiger partial charge in [-0.1, -0.05) is 51.5 Å². The van der Waals surface area contributed by atoms with E-state index in [2.05, 4.69) is 27.4 Å². The highest BCUT2D eigenvalue weighted by Crippen LogP contribution is 2.45. The van der Waals surface area contributed by atoms with Crippen LogP contribution in [0, 0.1) is 17.8 Å². The van der Waals surface area contributed by atoms with Crippen molar-refractivity contribution in [1.82, 2.24) is 0 Å². The van der Waals surface area contributed by atoms with E-state index < -0.39 is 0 Å². The summed E-state index contributed by atoms with van der Waals surface area (Å²) in [6.07, 6.45) is 11.3. The summed E-state index contributed by atoms with van der Waals surface area (Å²) in [5, 5.41) is 0. The first kappa shape index (κ1) is 13.8. The molecule has 0 amide bonds. The van der Waals surface area contributed by atoms with Crippen molar-refractivity contribution < 1.29 is 0 Å². The Labute approximate surface area is 103 Å². The Morgan fingerprint density at radius 2 is 2.00 bits per heavy atom. The number of hydrogen-bond donors (Lipinski definition) is 0. The van der Waals surface area contributed by atoms with E-state index in [-0.39, 0.29) is 0 Å². The van der Waals surface area contributed by atoms with E-state index in [0.717, 1.165) is 17.8 Å². The van der Waals surface area contributed by atoms with E-state index in [1.165, 1.54) is 56.9 Å². The minimum absolute atomic E-state index is 0.976. The Hall–Kier alpha value is -0.260. The van der Waals surface area contributed by atoms with Crippen LogP contribution in [-0.2, 0) is 0 Å². The molecule has 0 bridgehead atoms. The highest BCUT2D eigenvalue weighted by molar-refractivity contribution is 4.96. The Kier molecular flexibility index (Phi) is 6.16. The molecule has 0 aliphatic heterocycles. The van der Waals surface area contributed by atoms with E-state index in [4.69, 9.17) is 0 Å². The first-order chi connectivity index (χ1) is 7.69. The van der Waals surface area contributed by atoms with Crippen LogP contribution in [0.1, 0.15) is 72.1 Å². The van der Waals surface area contributed by atoms with E-state index in [9.17, 15) is 0 Å². The van der Waals surface area contributed by atoms with Gasteiger partial charge in [0.2, 0.25) is 0 Å². The van der Waals surface area contributed by atoms with Gasteiger partial charge in [-0.25, -0.2) is 0 Å². The molecule has 0 heteroatoms. The van der Waals surface area contributed by atoms with Gasteiger partial charge in [-0.15, -0.1) is 6.58 Å². The molecule has 1 aliphatic rings. The standard InChI is InChI=1S/C16H30/c1-5-7-8-9-14(6-2)16-11-10-15(16)12-13(3)4/h14-16H,3,5-12H2,1-2,4H3. The third-order valence-electron chi connectivity index (χ3n) is 4.40. The SMILES string of the molecule is C=C(C)CC1CCC1C(CC)CCCCC. The molecule has 1 aliphatic carbocycles. The maximum absolute atomic E-state index is 4.07. The van der Waals surface area contributed by atoms with E-state index >= 15 is 0 Å². The van der Waals surface area contributed by atoms with Crippen molar-refractivity contribution in [2.75, 3.05) is 0 Å². The second-order valence-corrected chi connectivity index (χ2v) is 5.83. The quantitative estimate of drug-likeness (QED) is 0.371. The molecule has 1 rings (SSSR count). The van der Waals surface area contributed by atoms with Crippen molar-refractivity contribution >= 4 is 0 Å². The van der Waals surface area contributed by atoms with E-state index in [0.29, 0.717) is 0 Å². The summed E-state index contributed by atoms with van der Waals surface area (Å²) in [6.45, 7) is 10.9. The molecule has 0 aromatic rings. The summed E-state index contributed by atoms with van der Waals surface area (Å²) in [5.74, 6) is 3.01. The highest BCUT2D eigenvalue weighted by atomic mass is 14.4. The molecule has 0 nitrogen and oxygen atoms in total. The van der Waals surface area contributed by atoms with Crippen molar-refractivity contribution in [3.8, 4) is 0 Å². The van der Waals surface area contributed by atoms with Crippen molar-refractivity contribution in [1.29, 1.82) is 0 Å². The molecule has 0 spiro atoms. The third kappa shape index (κ3) is 3.96. The van der Waals surface area contributed by atoms with Gasteiger partial charge in [0.25, 0.3) is 0 Å². The van der Waals surface area contributed by atoms with Crippen LogP contribution in [0.3, 0.4) is 0 Å². The Morgan fingerprint density at radius 1 is 1.25 bits per heavy atom. The summed E-state index contributed by atoms with van der Waals surface area (Å²) >= 11 is 0. The zero-order chi connectivity index (χ0) is 12.0. The summed E-state index contributed by atoms with van der Waals surface area (Å²) in [4.78, 5) is 0. The lowest BCUT2D eigenvalue weighted by Crippen LogP contribution is -2.32. The largest absolute Gasteiger partial charge is 0.100 e. The minimum atomic E-state index is 0.976. The van der Waals surface area contributed by atoms with E-state index in [1.54, 1.807) is 0 Å². The van der Waals surface area contributed by atoms with Crippen molar-refractivity contribution in [3.05, 3.63) is 12.2 Å². The number of unbranched alkanes of at least 4 members (excludes halogenated alkanes) is 2. The molecule has 16 heavy (non-hydrogen) atoms. The molecule has 0 aromatic heterocycles. The molecule has 0 aromatic carbocycles. The molecule has 0 N–H and O–H groups in total. The van der Waals surface area contributed by atoms with Gasteiger partial charge in [-0.3, -0.25) is 0 Å². The first-order valence-corrected chi connectivity index (χ1v) is 7.33. The van der Waals surface area contributed by atoms with Crippen LogP contribution in [0.5, 0.6) is 0 Å². The second-order valence-electron chi connectivity index (χ2n) is 5.83. The Balaban J connectivity index is 2.31. The van der Waals surface area contributed by atoms with Gasteiger partial charge < -0.3 is 0 Å². The molecule has 3 unspecified atom stereocenters. The Bertz CT molecular complexity index is 204. The second kappa shape index (κ2) is 7.14. The number of rotatable bonds is 8. The molecular formula is C16H30. The van der Waals surface area contributed by atoms with Crippen LogP contribution < -0.4 is 0 Å². The fourth-order valence-corrected chi connectivity index (χ4v) is 3.29. The zero-order valence-electron chi connectivity index (χ0n) is 11.6. The van der Waals surface area contributed by atoms with Gasteiger partial charge in [0.1, 0.15) is 0 Å². The lowest BCUT2D eigenvalue weighted by molar-refractivity contribution is 0.0932. The van der Waals surface area contributed by atoms with Crippen LogP contribution in [0.2, 0.25) is 0 Å². The molecule has 1 saturated carbocycles. The van der Waals surface area contributed by atoms with Crippen LogP contribution in [0.25, 0.3) is 0 Å². The molecule has 94 valence electrons. The van der Waals surface area contributed by atoms with Crippen molar-refractivity contribution in [2.45, 2.75) is 72.1 Å². The fraction of sp³-hybridized carbons (Fsp3) is 0.875. The summed E-state index contributed by atoms with van der Waals surface area (Å²) in [5.41, 5.74) is 1.39. The van der Waals surface area contributed by atoms with Gasteiger partial charge in [-0.2, -0.15) is 0 Å². The zero-order valence-corrected chi connectivity index (χ0v) is 11.6. The van der Waals surface area contributed by atoms with Crippen LogP contribution in [0.15, 0.2) is 12.2 Å². The van der Waals surface area contributed by atoms with E-state index in [1.807, 2.05) is 0 Å². The monoisotopic (exact) mass is 222 g/mol. The lowest BCUT2D eigenvalue weighted by Gasteiger charge is -2.42. The third-order valence-corrected chi connectivity index (χ3v) is 4.40. The summed E-state index contributed by atoms with van der Waals surface area (Å²) in [7, 11) is 0. The van der Waals surface area contributed by atoms with Crippen LogP contribution in [0.4, 0.5) is 0 Å². The van der Waals surface area contributed by atoms with Gasteiger partial charge in [0, 0.05) is 0 Å². The minimum Gasteiger partial charge on any atom is -0.100 e. The molecule has 1 fully saturated rings. The molecule has 3 atom stereocenters. The number of allylic oxidation sites excluding steroid dienone is 1. The normalized spacial score (nSPS) is 26.2. The molecular weight excluding hydrogens is 192 g/mol. The van der Waals surface area contributed by atoms with Gasteiger partial charge in [0.15, 0.2) is 0 Å². The predicted octanol–water partition coefficient (Wildman–Crippen LogP) is 5.59. The smallest absolute Gasteiger partial charge is 0.0295 e. The van der Waals surface area contributed by atoms with Crippen LogP contribution in [-0.4, -0.2) is 0 Å². The van der Waals surface area contributed by atoms with Gasteiger partial charge in [0.05, 0.1) is 0 Å². The maximum Gasteiger partial charge on any atom is -0.0295 e. The van der Waals surface area contributed by atoms with Gasteiger partial charge in [-0.05, 0) is 43.9 Å². The van der Waals surface area contributed by atoms with Crippen molar-refractivity contribution in [3.63, 3.8) is 0 Å². The van der Waals surface area contributed by atoms with Gasteiger partial charge >= 0.3 is 0 Å². The first-order valence-electron chi connectivity index (χ1n) is 7.33. The Morgan fingerprint density at radius 3 is 2.44 bits per heavy atom. The molecule has 0 radical (unpaired) electrons. The topological polar surface area (TPSA) is 0 Å². The average Bonchev–Trinajstić information content (AvgIpc) is 2.23. The number of hydrogen-bond acceptors (Lipinski definition) is 0. The molecule has 0 heterocycles. The van der Waals surface area contributed by atoms with Crippen molar-refractivity contribution in [2.24, 2.45) is 17.8 Å². The molecule has 0 saturated heterocycles. The summed E-state index contributed by atoms with van der Waals surface area (Å²) in [6, 6.07) is 0. The predicted molar refractivity (Wildman–Crippen MR) is 73.6 cm³/mol. The maximum atomic E-state index is 4.07. The summed E-state index contributed by atoms with van der Waals surface area (Å²) < 4.78 is 0. The fourth-order valence-electron chi connectivity index (χ4n) is 3.29. The van der Waals surface area contributed by atoms with Crippen LogP contribution >= 0.6 is 0 Å². The average molecular weight is 222 g/mol. The highest BCUT2D eigenvalue weighted by Gasteiger charge is 2.35.